The van der Waals surface area contributed by atoms with Crippen molar-refractivity contribution in [3.63, 3.8) is 0 Å². The van der Waals surface area contributed by atoms with E-state index in [1.807, 2.05) is 30.3 Å². The molecule has 2 rings (SSSR count). The molecule has 0 aliphatic rings. The average Bonchev–Trinajstić information content (AvgIpc) is 2.56. The number of para-hydroxylation sites is 1. The van der Waals surface area contributed by atoms with Crippen LogP contribution in [0.4, 0.5) is 10.5 Å². The van der Waals surface area contributed by atoms with Crippen molar-refractivity contribution in [2.45, 2.75) is 16.7 Å². The number of carbonyl (C=O) groups is 2. The molecule has 0 heterocycles. The third-order valence-electron chi connectivity index (χ3n) is 2.91. The van der Waals surface area contributed by atoms with Gasteiger partial charge in [0.05, 0.1) is 25.0 Å². The topological polar surface area (TPSA) is 64.6 Å². The van der Waals surface area contributed by atoms with Gasteiger partial charge in [-0.15, -0.1) is 0 Å². The molecule has 0 aliphatic heterocycles. The van der Waals surface area contributed by atoms with Crippen molar-refractivity contribution >= 4 is 29.5 Å². The summed E-state index contributed by atoms with van der Waals surface area (Å²) >= 11 is 1.37. The molecule has 0 unspecified atom stereocenters. The maximum absolute atomic E-state index is 11.8. The third kappa shape index (κ3) is 4.50. The number of ether oxygens (including phenoxy) is 2. The molecule has 5 nitrogen and oxygen atoms in total. The van der Waals surface area contributed by atoms with Gasteiger partial charge in [-0.05, 0) is 31.2 Å². The van der Waals surface area contributed by atoms with Crippen LogP contribution >= 0.6 is 11.8 Å². The second-order valence-electron chi connectivity index (χ2n) is 4.43. The Morgan fingerprint density at radius 1 is 1.04 bits per heavy atom. The molecular weight excluding hydrogens is 314 g/mol. The van der Waals surface area contributed by atoms with E-state index in [1.54, 1.807) is 25.1 Å². The van der Waals surface area contributed by atoms with E-state index >= 15 is 0 Å². The Kier molecular flexibility index (Phi) is 6.05. The van der Waals surface area contributed by atoms with E-state index in [0.717, 1.165) is 9.79 Å². The number of nitrogens with one attached hydrogen (secondary N) is 1. The van der Waals surface area contributed by atoms with E-state index in [1.165, 1.54) is 18.9 Å². The number of anilines is 1. The first kappa shape index (κ1) is 16.9. The Morgan fingerprint density at radius 2 is 1.70 bits per heavy atom. The molecule has 0 saturated heterocycles. The van der Waals surface area contributed by atoms with Gasteiger partial charge in [-0.3, -0.25) is 5.32 Å². The average molecular weight is 331 g/mol. The summed E-state index contributed by atoms with van der Waals surface area (Å²) < 4.78 is 9.70. The number of rotatable bonds is 5. The fraction of sp³-hybridized carbons (Fsp3) is 0.176. The standard InChI is InChI=1S/C17H17NO4S/c1-3-22-17(20)18-13-9-5-7-11-15(13)23-14-10-6-4-8-12(14)16(19)21-2/h4-11H,3H2,1-2H3,(H,18,20). The van der Waals surface area contributed by atoms with Crippen LogP contribution < -0.4 is 5.32 Å². The Balaban J connectivity index is 2.27. The molecule has 0 aromatic heterocycles. The van der Waals surface area contributed by atoms with Crippen molar-refractivity contribution in [2.75, 3.05) is 19.0 Å². The van der Waals surface area contributed by atoms with Gasteiger partial charge in [0.1, 0.15) is 0 Å². The highest BCUT2D eigenvalue weighted by atomic mass is 32.2. The van der Waals surface area contributed by atoms with Crippen molar-refractivity contribution < 1.29 is 19.1 Å². The van der Waals surface area contributed by atoms with E-state index in [-0.39, 0.29) is 0 Å². The Bertz CT molecular complexity index is 702. The molecule has 0 spiro atoms. The van der Waals surface area contributed by atoms with Crippen LogP contribution in [0, 0.1) is 0 Å². The van der Waals surface area contributed by atoms with Crippen LogP contribution in [0.3, 0.4) is 0 Å². The summed E-state index contributed by atoms with van der Waals surface area (Å²) in [5.74, 6) is -0.399. The molecule has 2 aromatic rings. The smallest absolute Gasteiger partial charge is 0.411 e. The van der Waals surface area contributed by atoms with Crippen LogP contribution in [0.2, 0.25) is 0 Å². The van der Waals surface area contributed by atoms with E-state index in [2.05, 4.69) is 5.32 Å². The van der Waals surface area contributed by atoms with Crippen LogP contribution in [0.25, 0.3) is 0 Å². The lowest BCUT2D eigenvalue weighted by molar-refractivity contribution is 0.0596. The molecular formula is C17H17NO4S. The summed E-state index contributed by atoms with van der Waals surface area (Å²) in [4.78, 5) is 25.0. The normalized spacial score (nSPS) is 10.0. The summed E-state index contributed by atoms with van der Waals surface area (Å²) in [6, 6.07) is 14.5. The van der Waals surface area contributed by atoms with Crippen LogP contribution in [0.15, 0.2) is 58.3 Å². The molecule has 0 bridgehead atoms. The first-order chi connectivity index (χ1) is 11.2. The summed E-state index contributed by atoms with van der Waals surface area (Å²) in [5, 5.41) is 2.70. The molecule has 0 radical (unpaired) electrons. The Hall–Kier alpha value is -2.47. The largest absolute Gasteiger partial charge is 0.465 e. The number of methoxy groups -OCH3 is 1. The lowest BCUT2D eigenvalue weighted by atomic mass is 10.2. The van der Waals surface area contributed by atoms with Crippen LogP contribution in [-0.4, -0.2) is 25.8 Å². The van der Waals surface area contributed by atoms with E-state index in [4.69, 9.17) is 9.47 Å². The van der Waals surface area contributed by atoms with Crippen LogP contribution in [0.5, 0.6) is 0 Å². The van der Waals surface area contributed by atoms with Gasteiger partial charge in [-0.25, -0.2) is 9.59 Å². The lowest BCUT2D eigenvalue weighted by Gasteiger charge is -2.12. The predicted molar refractivity (Wildman–Crippen MR) is 89.0 cm³/mol. The SMILES string of the molecule is CCOC(=O)Nc1ccccc1Sc1ccccc1C(=O)OC. The van der Waals surface area contributed by atoms with E-state index < -0.39 is 12.1 Å². The van der Waals surface area contributed by atoms with E-state index in [9.17, 15) is 9.59 Å². The number of hydrogen-bond donors (Lipinski definition) is 1. The van der Waals surface area contributed by atoms with Gasteiger partial charge >= 0.3 is 12.1 Å². The van der Waals surface area contributed by atoms with E-state index in [0.29, 0.717) is 17.9 Å². The van der Waals surface area contributed by atoms with Gasteiger partial charge in [0.25, 0.3) is 0 Å². The van der Waals surface area contributed by atoms with Crippen molar-refractivity contribution in [2.24, 2.45) is 0 Å². The Labute approximate surface area is 139 Å². The number of benzene rings is 2. The molecule has 23 heavy (non-hydrogen) atoms. The lowest BCUT2D eigenvalue weighted by Crippen LogP contribution is -2.13. The molecule has 0 saturated carbocycles. The van der Waals surface area contributed by atoms with Gasteiger partial charge in [-0.1, -0.05) is 36.0 Å². The Morgan fingerprint density at radius 3 is 2.39 bits per heavy atom. The molecule has 0 atom stereocenters. The molecule has 1 amide bonds. The molecule has 0 fully saturated rings. The van der Waals surface area contributed by atoms with Crippen molar-refractivity contribution in [3.05, 3.63) is 54.1 Å². The zero-order chi connectivity index (χ0) is 16.7. The second kappa shape index (κ2) is 8.24. The monoisotopic (exact) mass is 331 g/mol. The minimum Gasteiger partial charge on any atom is -0.465 e. The van der Waals surface area contributed by atoms with Gasteiger partial charge < -0.3 is 9.47 Å². The predicted octanol–water partition coefficient (Wildman–Crippen LogP) is 4.19. The summed E-state index contributed by atoms with van der Waals surface area (Å²) in [7, 11) is 1.35. The molecule has 6 heteroatoms. The zero-order valence-corrected chi connectivity index (χ0v) is 13.7. The number of amides is 1. The maximum Gasteiger partial charge on any atom is 0.411 e. The minimum atomic E-state index is -0.512. The summed E-state index contributed by atoms with van der Waals surface area (Å²) in [6.07, 6.45) is -0.512. The first-order valence-electron chi connectivity index (χ1n) is 7.03. The van der Waals surface area contributed by atoms with Gasteiger partial charge in [-0.2, -0.15) is 0 Å². The minimum absolute atomic E-state index is 0.298. The van der Waals surface area contributed by atoms with Crippen molar-refractivity contribution in [1.29, 1.82) is 0 Å². The van der Waals surface area contributed by atoms with Crippen molar-refractivity contribution in [1.82, 2.24) is 0 Å². The first-order valence-corrected chi connectivity index (χ1v) is 7.85. The number of esters is 1. The van der Waals surface area contributed by atoms with Gasteiger partial charge in [0, 0.05) is 9.79 Å². The fourth-order valence-electron chi connectivity index (χ4n) is 1.89. The molecule has 2 aromatic carbocycles. The highest BCUT2D eigenvalue weighted by Gasteiger charge is 2.14. The molecule has 0 aliphatic carbocycles. The third-order valence-corrected chi connectivity index (χ3v) is 4.06. The highest BCUT2D eigenvalue weighted by molar-refractivity contribution is 7.99. The zero-order valence-electron chi connectivity index (χ0n) is 12.9. The summed E-state index contributed by atoms with van der Waals surface area (Å²) in [6.45, 7) is 2.04. The summed E-state index contributed by atoms with van der Waals surface area (Å²) in [5.41, 5.74) is 1.10. The number of hydrogen-bond acceptors (Lipinski definition) is 5. The van der Waals surface area contributed by atoms with Crippen molar-refractivity contribution in [3.8, 4) is 0 Å². The fourth-order valence-corrected chi connectivity index (χ4v) is 2.91. The molecule has 1 N–H and O–H groups in total. The van der Waals surface area contributed by atoms with Crippen LogP contribution in [0.1, 0.15) is 17.3 Å². The quantitative estimate of drug-likeness (QED) is 0.832. The number of carbonyl (C=O) groups excluding carboxylic acids is 2. The second-order valence-corrected chi connectivity index (χ2v) is 5.52. The van der Waals surface area contributed by atoms with Gasteiger partial charge in [0.15, 0.2) is 0 Å². The van der Waals surface area contributed by atoms with Gasteiger partial charge in [0.2, 0.25) is 0 Å². The maximum atomic E-state index is 11.8. The highest BCUT2D eigenvalue weighted by Crippen LogP contribution is 2.35. The van der Waals surface area contributed by atoms with Crippen LogP contribution in [-0.2, 0) is 9.47 Å². The molecule has 120 valence electrons.